The van der Waals surface area contributed by atoms with Gasteiger partial charge in [-0.15, -0.1) is 0 Å². The van der Waals surface area contributed by atoms with Crippen molar-refractivity contribution < 1.29 is 4.79 Å². The number of aromatic nitrogens is 1. The normalized spacial score (nSPS) is 18.9. The van der Waals surface area contributed by atoms with Gasteiger partial charge in [-0.25, -0.2) is 0 Å². The zero-order valence-corrected chi connectivity index (χ0v) is 10.8. The van der Waals surface area contributed by atoms with Gasteiger partial charge in [0.1, 0.15) is 0 Å². The second kappa shape index (κ2) is 4.27. The maximum atomic E-state index is 12.8. The molecule has 2 aromatic rings. The molecule has 3 rings (SSSR count). The molecule has 0 atom stereocenters. The molecule has 2 nitrogen and oxygen atoms in total. The average molecular weight is 241 g/mol. The van der Waals surface area contributed by atoms with E-state index in [1.165, 1.54) is 19.3 Å². The van der Waals surface area contributed by atoms with Crippen LogP contribution in [0.25, 0.3) is 10.9 Å². The van der Waals surface area contributed by atoms with Gasteiger partial charge in [0.05, 0.1) is 0 Å². The molecule has 0 saturated heterocycles. The van der Waals surface area contributed by atoms with E-state index in [9.17, 15) is 4.79 Å². The summed E-state index contributed by atoms with van der Waals surface area (Å²) < 4.78 is 0. The lowest BCUT2D eigenvalue weighted by Crippen LogP contribution is -2.30. The van der Waals surface area contributed by atoms with Gasteiger partial charge in [0, 0.05) is 28.1 Å². The molecular formula is C16H19NO. The summed E-state index contributed by atoms with van der Waals surface area (Å²) in [6.45, 7) is 2.14. The lowest BCUT2D eigenvalue weighted by atomic mass is 9.71. The van der Waals surface area contributed by atoms with E-state index >= 15 is 0 Å². The minimum atomic E-state index is -0.150. The molecule has 1 heterocycles. The third-order valence-corrected chi connectivity index (χ3v) is 4.34. The van der Waals surface area contributed by atoms with Crippen LogP contribution in [0.3, 0.4) is 0 Å². The third-order valence-electron chi connectivity index (χ3n) is 4.34. The largest absolute Gasteiger partial charge is 0.360 e. The van der Waals surface area contributed by atoms with E-state index in [1.807, 2.05) is 30.5 Å². The van der Waals surface area contributed by atoms with Crippen LogP contribution in [0.4, 0.5) is 0 Å². The number of Topliss-reactive ketones (excluding diaryl/α,β-unsaturated/α-hetero) is 1. The van der Waals surface area contributed by atoms with Crippen LogP contribution in [-0.2, 0) is 0 Å². The van der Waals surface area contributed by atoms with E-state index in [4.69, 9.17) is 0 Å². The van der Waals surface area contributed by atoms with E-state index in [-0.39, 0.29) is 5.41 Å². The quantitative estimate of drug-likeness (QED) is 0.780. The molecule has 18 heavy (non-hydrogen) atoms. The van der Waals surface area contributed by atoms with Gasteiger partial charge in [0.25, 0.3) is 0 Å². The highest BCUT2D eigenvalue weighted by atomic mass is 16.1. The lowest BCUT2D eigenvalue weighted by Gasteiger charge is -2.31. The van der Waals surface area contributed by atoms with E-state index in [0.717, 1.165) is 29.3 Å². The van der Waals surface area contributed by atoms with Crippen LogP contribution >= 0.6 is 0 Å². The molecule has 0 unspecified atom stereocenters. The highest BCUT2D eigenvalue weighted by molar-refractivity contribution is 6.10. The molecule has 0 radical (unpaired) electrons. The Bertz CT molecular complexity index is 576. The molecule has 0 bridgehead atoms. The van der Waals surface area contributed by atoms with Crippen molar-refractivity contribution in [1.82, 2.24) is 4.98 Å². The highest BCUT2D eigenvalue weighted by Crippen LogP contribution is 2.39. The first kappa shape index (κ1) is 11.5. The van der Waals surface area contributed by atoms with Gasteiger partial charge >= 0.3 is 0 Å². The predicted molar refractivity (Wildman–Crippen MR) is 73.8 cm³/mol. The summed E-state index contributed by atoms with van der Waals surface area (Å²) in [4.78, 5) is 16.0. The number of H-pyrrole nitrogens is 1. The molecule has 1 aliphatic carbocycles. The van der Waals surface area contributed by atoms with Crippen LogP contribution in [0.15, 0.2) is 30.5 Å². The third kappa shape index (κ3) is 1.76. The van der Waals surface area contributed by atoms with Gasteiger partial charge in [-0.05, 0) is 18.9 Å². The van der Waals surface area contributed by atoms with Gasteiger partial charge in [0.2, 0.25) is 0 Å². The summed E-state index contributed by atoms with van der Waals surface area (Å²) in [7, 11) is 0. The predicted octanol–water partition coefficient (Wildman–Crippen LogP) is 4.32. The SMILES string of the molecule is CC1(C(=O)c2c[nH]c3ccccc23)CCCCC1. The first-order chi connectivity index (χ1) is 8.71. The number of benzene rings is 1. The van der Waals surface area contributed by atoms with Crippen LogP contribution in [0.2, 0.25) is 0 Å². The number of nitrogens with one attached hydrogen (secondary N) is 1. The maximum Gasteiger partial charge on any atom is 0.170 e. The fraction of sp³-hybridized carbons (Fsp3) is 0.438. The van der Waals surface area contributed by atoms with E-state index in [0.29, 0.717) is 5.78 Å². The van der Waals surface area contributed by atoms with Gasteiger partial charge in [-0.1, -0.05) is 44.4 Å². The first-order valence-corrected chi connectivity index (χ1v) is 6.82. The molecule has 94 valence electrons. The number of fused-ring (bicyclic) bond motifs is 1. The second-order valence-corrected chi connectivity index (χ2v) is 5.70. The first-order valence-electron chi connectivity index (χ1n) is 6.82. The van der Waals surface area contributed by atoms with Gasteiger partial charge in [-0.2, -0.15) is 0 Å². The van der Waals surface area contributed by atoms with Gasteiger partial charge in [-0.3, -0.25) is 4.79 Å². The number of ketones is 1. The Labute approximate surface area is 107 Å². The number of carbonyl (C=O) groups is 1. The Morgan fingerprint density at radius 3 is 2.67 bits per heavy atom. The molecule has 0 aliphatic heterocycles. The lowest BCUT2D eigenvalue weighted by molar-refractivity contribution is 0.0751. The van der Waals surface area contributed by atoms with Crippen molar-refractivity contribution in [3.63, 3.8) is 0 Å². The summed E-state index contributed by atoms with van der Waals surface area (Å²) in [5.41, 5.74) is 1.78. The van der Waals surface area contributed by atoms with E-state index in [2.05, 4.69) is 11.9 Å². The Kier molecular flexibility index (Phi) is 2.73. The maximum absolute atomic E-state index is 12.8. The van der Waals surface area contributed by atoms with Crippen molar-refractivity contribution in [3.8, 4) is 0 Å². The number of rotatable bonds is 2. The molecule has 1 fully saturated rings. The minimum absolute atomic E-state index is 0.150. The zero-order valence-electron chi connectivity index (χ0n) is 10.8. The highest BCUT2D eigenvalue weighted by Gasteiger charge is 2.35. The smallest absolute Gasteiger partial charge is 0.170 e. The average Bonchev–Trinajstić information content (AvgIpc) is 2.82. The van der Waals surface area contributed by atoms with Crippen LogP contribution in [0.1, 0.15) is 49.4 Å². The van der Waals surface area contributed by atoms with Crippen LogP contribution in [-0.4, -0.2) is 10.8 Å². The van der Waals surface area contributed by atoms with Crippen LogP contribution in [0, 0.1) is 5.41 Å². The number of hydrogen-bond donors (Lipinski definition) is 1. The van der Waals surface area contributed by atoms with Crippen LogP contribution in [0.5, 0.6) is 0 Å². The van der Waals surface area contributed by atoms with Crippen molar-refractivity contribution in [3.05, 3.63) is 36.0 Å². The number of hydrogen-bond acceptors (Lipinski definition) is 1. The molecule has 0 spiro atoms. The molecule has 1 saturated carbocycles. The Morgan fingerprint density at radius 1 is 1.17 bits per heavy atom. The van der Waals surface area contributed by atoms with E-state index in [1.54, 1.807) is 0 Å². The van der Waals surface area contributed by atoms with Crippen molar-refractivity contribution >= 4 is 16.7 Å². The monoisotopic (exact) mass is 241 g/mol. The molecule has 2 heteroatoms. The molecule has 1 aromatic carbocycles. The minimum Gasteiger partial charge on any atom is -0.360 e. The molecular weight excluding hydrogens is 222 g/mol. The van der Waals surface area contributed by atoms with Crippen LogP contribution < -0.4 is 0 Å². The second-order valence-electron chi connectivity index (χ2n) is 5.70. The summed E-state index contributed by atoms with van der Waals surface area (Å²) in [5.74, 6) is 0.319. The topological polar surface area (TPSA) is 32.9 Å². The summed E-state index contributed by atoms with van der Waals surface area (Å²) in [5, 5.41) is 1.06. The Hall–Kier alpha value is -1.57. The van der Waals surface area contributed by atoms with Crippen molar-refractivity contribution in [2.45, 2.75) is 39.0 Å². The summed E-state index contributed by atoms with van der Waals surface area (Å²) >= 11 is 0. The number of aromatic amines is 1. The van der Waals surface area contributed by atoms with Crippen molar-refractivity contribution in [2.75, 3.05) is 0 Å². The standard InChI is InChI=1S/C16H19NO/c1-16(9-5-2-6-10-16)15(18)13-11-17-14-8-4-3-7-12(13)14/h3-4,7-8,11,17H,2,5-6,9-10H2,1H3. The number of carbonyl (C=O) groups excluding carboxylic acids is 1. The molecule has 1 aliphatic rings. The fourth-order valence-corrected chi connectivity index (χ4v) is 3.14. The van der Waals surface area contributed by atoms with E-state index < -0.39 is 0 Å². The molecule has 1 aromatic heterocycles. The summed E-state index contributed by atoms with van der Waals surface area (Å²) in [6, 6.07) is 8.05. The molecule has 0 amide bonds. The fourth-order valence-electron chi connectivity index (χ4n) is 3.14. The van der Waals surface area contributed by atoms with Crippen molar-refractivity contribution in [1.29, 1.82) is 0 Å². The Balaban J connectivity index is 2.01. The number of para-hydroxylation sites is 1. The van der Waals surface area contributed by atoms with Gasteiger partial charge in [0.15, 0.2) is 5.78 Å². The zero-order chi connectivity index (χ0) is 12.6. The Morgan fingerprint density at radius 2 is 1.89 bits per heavy atom. The van der Waals surface area contributed by atoms with Crippen molar-refractivity contribution in [2.24, 2.45) is 5.41 Å². The van der Waals surface area contributed by atoms with Gasteiger partial charge < -0.3 is 4.98 Å². The molecule has 1 N–H and O–H groups in total. The summed E-state index contributed by atoms with van der Waals surface area (Å²) in [6.07, 6.45) is 7.59.